The van der Waals surface area contributed by atoms with Gasteiger partial charge in [-0.3, -0.25) is 4.79 Å². The van der Waals surface area contributed by atoms with Crippen LogP contribution in [0.2, 0.25) is 5.02 Å². The summed E-state index contributed by atoms with van der Waals surface area (Å²) in [6.07, 6.45) is 3.37. The molecular formula is C18H17ClN4O. The van der Waals surface area contributed by atoms with E-state index in [0.717, 1.165) is 37.1 Å². The van der Waals surface area contributed by atoms with Crippen molar-refractivity contribution in [1.82, 2.24) is 19.9 Å². The van der Waals surface area contributed by atoms with Crippen molar-refractivity contribution in [1.29, 1.82) is 0 Å². The Balaban J connectivity index is 1.69. The van der Waals surface area contributed by atoms with Gasteiger partial charge in [-0.05, 0) is 55.7 Å². The number of nitrogens with zero attached hydrogens (tertiary/aromatic N) is 4. The zero-order chi connectivity index (χ0) is 16.5. The van der Waals surface area contributed by atoms with Gasteiger partial charge in [-0.25, -0.2) is 4.68 Å². The van der Waals surface area contributed by atoms with Crippen molar-refractivity contribution in [2.45, 2.75) is 19.3 Å². The second-order valence-electron chi connectivity index (χ2n) is 6.04. The summed E-state index contributed by atoms with van der Waals surface area (Å²) in [4.78, 5) is 14.5. The van der Waals surface area contributed by atoms with E-state index in [-0.39, 0.29) is 5.91 Å². The Morgan fingerprint density at radius 1 is 1.04 bits per heavy atom. The van der Waals surface area contributed by atoms with Gasteiger partial charge in [0.15, 0.2) is 0 Å². The van der Waals surface area contributed by atoms with Crippen LogP contribution in [0.25, 0.3) is 16.7 Å². The summed E-state index contributed by atoms with van der Waals surface area (Å²) in [6, 6.07) is 13.0. The molecular weight excluding hydrogens is 324 g/mol. The van der Waals surface area contributed by atoms with E-state index in [0.29, 0.717) is 16.1 Å². The molecule has 6 heteroatoms. The van der Waals surface area contributed by atoms with Crippen LogP contribution in [0.1, 0.15) is 29.6 Å². The average molecular weight is 341 g/mol. The fraction of sp³-hybridized carbons (Fsp3) is 0.278. The summed E-state index contributed by atoms with van der Waals surface area (Å²) in [5.74, 6) is 0.0777. The molecule has 5 nitrogen and oxygen atoms in total. The first-order chi connectivity index (χ1) is 11.7. The van der Waals surface area contributed by atoms with Crippen LogP contribution in [-0.2, 0) is 0 Å². The molecule has 1 amide bonds. The highest BCUT2D eigenvalue weighted by molar-refractivity contribution is 6.30. The Bertz CT molecular complexity index is 899. The largest absolute Gasteiger partial charge is 0.339 e. The van der Waals surface area contributed by atoms with E-state index in [4.69, 9.17) is 11.6 Å². The molecule has 122 valence electrons. The lowest BCUT2D eigenvalue weighted by Gasteiger charge is -2.26. The first kappa shape index (κ1) is 15.1. The molecule has 1 saturated heterocycles. The van der Waals surface area contributed by atoms with Crippen LogP contribution in [0.15, 0.2) is 42.5 Å². The number of carbonyl (C=O) groups excluding carboxylic acids is 1. The van der Waals surface area contributed by atoms with E-state index in [1.807, 2.05) is 47.4 Å². The van der Waals surface area contributed by atoms with E-state index in [9.17, 15) is 4.79 Å². The molecule has 2 heterocycles. The van der Waals surface area contributed by atoms with E-state index >= 15 is 0 Å². The number of hydrogen-bond donors (Lipinski definition) is 0. The third-order valence-corrected chi connectivity index (χ3v) is 4.62. The van der Waals surface area contributed by atoms with Crippen molar-refractivity contribution in [3.63, 3.8) is 0 Å². The molecule has 1 aliphatic heterocycles. The highest BCUT2D eigenvalue weighted by Gasteiger charge is 2.19. The first-order valence-electron chi connectivity index (χ1n) is 8.13. The van der Waals surface area contributed by atoms with E-state index in [1.165, 1.54) is 6.42 Å². The normalized spacial score (nSPS) is 15.0. The van der Waals surface area contributed by atoms with Crippen molar-refractivity contribution < 1.29 is 4.79 Å². The molecule has 1 fully saturated rings. The predicted molar refractivity (Wildman–Crippen MR) is 93.6 cm³/mol. The maximum Gasteiger partial charge on any atom is 0.253 e. The number of fused-ring (bicyclic) bond motifs is 1. The van der Waals surface area contributed by atoms with Crippen molar-refractivity contribution in [3.05, 3.63) is 53.1 Å². The van der Waals surface area contributed by atoms with Crippen LogP contribution in [-0.4, -0.2) is 38.9 Å². The molecule has 24 heavy (non-hydrogen) atoms. The standard InChI is InChI=1S/C18H17ClN4O/c19-14-5-4-6-15(12-14)23-17-8-7-13(11-16(17)20-21-23)18(24)22-9-2-1-3-10-22/h4-8,11-12H,1-3,9-10H2. The summed E-state index contributed by atoms with van der Waals surface area (Å²) in [7, 11) is 0. The maximum atomic E-state index is 12.6. The number of likely N-dealkylation sites (tertiary alicyclic amines) is 1. The molecule has 2 aromatic carbocycles. The third kappa shape index (κ3) is 2.76. The van der Waals surface area contributed by atoms with Gasteiger partial charge in [-0.1, -0.05) is 22.9 Å². The zero-order valence-corrected chi connectivity index (χ0v) is 13.9. The third-order valence-electron chi connectivity index (χ3n) is 4.39. The molecule has 0 unspecified atom stereocenters. The lowest BCUT2D eigenvalue weighted by Crippen LogP contribution is -2.35. The minimum atomic E-state index is 0.0777. The van der Waals surface area contributed by atoms with E-state index < -0.39 is 0 Å². The number of carbonyl (C=O) groups is 1. The molecule has 1 aromatic heterocycles. The number of hydrogen-bond acceptors (Lipinski definition) is 3. The zero-order valence-electron chi connectivity index (χ0n) is 13.2. The maximum absolute atomic E-state index is 12.6. The number of benzene rings is 2. The average Bonchev–Trinajstić information content (AvgIpc) is 3.05. The lowest BCUT2D eigenvalue weighted by atomic mass is 10.1. The number of piperidine rings is 1. The number of amides is 1. The molecule has 0 saturated carbocycles. The fourth-order valence-electron chi connectivity index (χ4n) is 3.13. The van der Waals surface area contributed by atoms with Gasteiger partial charge in [-0.2, -0.15) is 0 Å². The SMILES string of the molecule is O=C(c1ccc2c(c1)nnn2-c1cccc(Cl)c1)N1CCCCC1. The quantitative estimate of drug-likeness (QED) is 0.714. The highest BCUT2D eigenvalue weighted by atomic mass is 35.5. The van der Waals surface area contributed by atoms with Crippen LogP contribution in [0.4, 0.5) is 0 Å². The van der Waals surface area contributed by atoms with Crippen LogP contribution >= 0.6 is 11.6 Å². The molecule has 4 rings (SSSR count). The smallest absolute Gasteiger partial charge is 0.253 e. The molecule has 0 radical (unpaired) electrons. The monoisotopic (exact) mass is 340 g/mol. The molecule has 0 spiro atoms. The minimum absolute atomic E-state index is 0.0777. The number of halogens is 1. The van der Waals surface area contributed by atoms with Crippen molar-refractivity contribution >= 4 is 28.5 Å². The summed E-state index contributed by atoms with van der Waals surface area (Å²) >= 11 is 6.05. The summed E-state index contributed by atoms with van der Waals surface area (Å²) in [5, 5.41) is 9.06. The minimum Gasteiger partial charge on any atom is -0.339 e. The summed E-state index contributed by atoms with van der Waals surface area (Å²) in [5.41, 5.74) is 3.08. The van der Waals surface area contributed by atoms with Gasteiger partial charge in [0.2, 0.25) is 0 Å². The Morgan fingerprint density at radius 2 is 1.88 bits per heavy atom. The van der Waals surface area contributed by atoms with Crippen LogP contribution in [0.3, 0.4) is 0 Å². The highest BCUT2D eigenvalue weighted by Crippen LogP contribution is 2.21. The van der Waals surface area contributed by atoms with Gasteiger partial charge in [0, 0.05) is 23.7 Å². The van der Waals surface area contributed by atoms with Gasteiger partial charge >= 0.3 is 0 Å². The second-order valence-corrected chi connectivity index (χ2v) is 6.47. The molecule has 0 bridgehead atoms. The van der Waals surface area contributed by atoms with E-state index in [1.54, 1.807) is 4.68 Å². The first-order valence-corrected chi connectivity index (χ1v) is 8.51. The van der Waals surface area contributed by atoms with Crippen molar-refractivity contribution in [2.24, 2.45) is 0 Å². The topological polar surface area (TPSA) is 51.0 Å². The lowest BCUT2D eigenvalue weighted by molar-refractivity contribution is 0.0724. The van der Waals surface area contributed by atoms with Gasteiger partial charge < -0.3 is 4.90 Å². The van der Waals surface area contributed by atoms with Crippen molar-refractivity contribution in [2.75, 3.05) is 13.1 Å². The Morgan fingerprint density at radius 3 is 2.67 bits per heavy atom. The molecule has 1 aliphatic rings. The Kier molecular flexibility index (Phi) is 3.94. The van der Waals surface area contributed by atoms with Crippen LogP contribution in [0, 0.1) is 0 Å². The van der Waals surface area contributed by atoms with Gasteiger partial charge in [-0.15, -0.1) is 5.10 Å². The molecule has 0 atom stereocenters. The summed E-state index contributed by atoms with van der Waals surface area (Å²) in [6.45, 7) is 1.68. The Labute approximate surface area is 144 Å². The molecule has 0 aliphatic carbocycles. The van der Waals surface area contributed by atoms with E-state index in [2.05, 4.69) is 10.3 Å². The molecule has 3 aromatic rings. The van der Waals surface area contributed by atoms with Gasteiger partial charge in [0.05, 0.1) is 11.2 Å². The van der Waals surface area contributed by atoms with Crippen LogP contribution in [0.5, 0.6) is 0 Å². The van der Waals surface area contributed by atoms with Crippen molar-refractivity contribution in [3.8, 4) is 5.69 Å². The van der Waals surface area contributed by atoms with Crippen LogP contribution < -0.4 is 0 Å². The van der Waals surface area contributed by atoms with Gasteiger partial charge in [0.1, 0.15) is 5.52 Å². The summed E-state index contributed by atoms with van der Waals surface area (Å²) < 4.78 is 1.73. The Hall–Kier alpha value is -2.40. The number of rotatable bonds is 2. The predicted octanol–water partition coefficient (Wildman–Crippen LogP) is 3.70. The van der Waals surface area contributed by atoms with Gasteiger partial charge in [0.25, 0.3) is 5.91 Å². The number of aromatic nitrogens is 3. The fourth-order valence-corrected chi connectivity index (χ4v) is 3.32. The second kappa shape index (κ2) is 6.24. The molecule has 0 N–H and O–H groups in total.